The molecule has 0 unspecified atom stereocenters. The van der Waals surface area contributed by atoms with Gasteiger partial charge in [-0.15, -0.1) is 21.5 Å². The maximum Gasteiger partial charge on any atom is 0.262 e. The second-order valence-electron chi connectivity index (χ2n) is 6.98. The first-order chi connectivity index (χ1) is 16.1. The summed E-state index contributed by atoms with van der Waals surface area (Å²) in [6, 6.07) is 19.9. The molecule has 0 aliphatic heterocycles. The first kappa shape index (κ1) is 21.4. The van der Waals surface area contributed by atoms with Crippen LogP contribution in [0.4, 0.5) is 5.69 Å². The third-order valence-corrected chi connectivity index (χ3v) is 6.12. The zero-order valence-corrected chi connectivity index (χ0v) is 19.2. The number of hydrogen-bond acceptors (Lipinski definition) is 6. The Balaban J connectivity index is 1.28. The van der Waals surface area contributed by atoms with Crippen molar-refractivity contribution in [2.75, 3.05) is 11.9 Å². The number of anilines is 1. The van der Waals surface area contributed by atoms with Crippen LogP contribution in [0.1, 0.15) is 0 Å². The summed E-state index contributed by atoms with van der Waals surface area (Å²) in [5.41, 5.74) is 2.97. The molecule has 1 amide bonds. The average Bonchev–Trinajstić information content (AvgIpc) is 3.48. The number of hydrogen-bond donors (Lipinski definition) is 1. The number of aromatic nitrogens is 4. The molecule has 1 N–H and O–H groups in total. The molecule has 0 saturated heterocycles. The molecule has 0 saturated carbocycles. The second-order valence-corrected chi connectivity index (χ2v) is 8.77. The van der Waals surface area contributed by atoms with Gasteiger partial charge in [0.1, 0.15) is 5.75 Å². The number of fused-ring (bicyclic) bond motifs is 1. The van der Waals surface area contributed by atoms with E-state index in [-0.39, 0.29) is 12.5 Å². The average molecular weight is 496 g/mol. The molecule has 0 aliphatic rings. The van der Waals surface area contributed by atoms with Gasteiger partial charge >= 0.3 is 0 Å². The van der Waals surface area contributed by atoms with Crippen molar-refractivity contribution >= 4 is 51.8 Å². The van der Waals surface area contributed by atoms with E-state index in [9.17, 15) is 4.79 Å². The fraction of sp³-hybridized carbons (Fsp3) is 0.0435. The highest BCUT2D eigenvalue weighted by molar-refractivity contribution is 7.13. The van der Waals surface area contributed by atoms with E-state index in [2.05, 4.69) is 15.5 Å². The molecule has 5 aromatic rings. The molecule has 0 spiro atoms. The van der Waals surface area contributed by atoms with E-state index in [1.54, 1.807) is 46.2 Å². The van der Waals surface area contributed by atoms with Crippen molar-refractivity contribution in [1.82, 2.24) is 19.8 Å². The largest absolute Gasteiger partial charge is 0.482 e. The predicted octanol–water partition coefficient (Wildman–Crippen LogP) is 5.84. The Kier molecular flexibility index (Phi) is 5.95. The van der Waals surface area contributed by atoms with Crippen LogP contribution in [0.5, 0.6) is 5.75 Å². The number of amides is 1. The van der Waals surface area contributed by atoms with Crippen LogP contribution in [-0.2, 0) is 4.79 Å². The normalized spacial score (nSPS) is 11.0. The van der Waals surface area contributed by atoms with Crippen LogP contribution in [0.2, 0.25) is 10.0 Å². The third-order valence-electron chi connectivity index (χ3n) is 4.72. The number of halogens is 2. The lowest BCUT2D eigenvalue weighted by atomic mass is 10.1. The molecular formula is C23H15Cl2N5O2S. The van der Waals surface area contributed by atoms with Gasteiger partial charge in [-0.2, -0.15) is 9.61 Å². The van der Waals surface area contributed by atoms with E-state index in [1.165, 1.54) is 0 Å². The molecule has 0 fully saturated rings. The maximum atomic E-state index is 12.3. The maximum absolute atomic E-state index is 12.3. The summed E-state index contributed by atoms with van der Waals surface area (Å²) in [6.07, 6.45) is 0. The Bertz CT molecular complexity index is 1440. The standard InChI is InChI=1S/C23H15Cl2N5O2S/c24-15-5-9-19(17(25)12-15)32-13-22(31)26-16-6-3-14(4-7-16)18-8-10-21-27-28-23(30(21)29-18)20-2-1-11-33-20/h1-12H,13H2,(H,26,31). The van der Waals surface area contributed by atoms with Crippen molar-refractivity contribution in [2.24, 2.45) is 0 Å². The van der Waals surface area contributed by atoms with Crippen LogP contribution in [0.15, 0.2) is 72.1 Å². The summed E-state index contributed by atoms with van der Waals surface area (Å²) in [6.45, 7) is -0.180. The summed E-state index contributed by atoms with van der Waals surface area (Å²) in [4.78, 5) is 13.2. The number of carbonyl (C=O) groups is 1. The molecule has 0 radical (unpaired) electrons. The first-order valence-corrected chi connectivity index (χ1v) is 11.4. The van der Waals surface area contributed by atoms with E-state index in [0.717, 1.165) is 16.1 Å². The van der Waals surface area contributed by atoms with E-state index in [4.69, 9.17) is 33.0 Å². The van der Waals surface area contributed by atoms with Gasteiger partial charge in [0.15, 0.2) is 18.1 Å². The van der Waals surface area contributed by atoms with Crippen LogP contribution in [0.3, 0.4) is 0 Å². The molecule has 0 atom stereocenters. The monoisotopic (exact) mass is 495 g/mol. The number of carbonyl (C=O) groups excluding carboxylic acids is 1. The van der Waals surface area contributed by atoms with Crippen molar-refractivity contribution in [2.45, 2.75) is 0 Å². The minimum Gasteiger partial charge on any atom is -0.482 e. The second kappa shape index (κ2) is 9.19. The van der Waals surface area contributed by atoms with Crippen molar-refractivity contribution in [3.8, 4) is 27.7 Å². The summed E-state index contributed by atoms with van der Waals surface area (Å²) >= 11 is 13.5. The van der Waals surface area contributed by atoms with Gasteiger partial charge in [0.2, 0.25) is 0 Å². The van der Waals surface area contributed by atoms with Gasteiger partial charge in [0.25, 0.3) is 5.91 Å². The quantitative estimate of drug-likeness (QED) is 0.319. The van der Waals surface area contributed by atoms with Crippen LogP contribution in [0, 0.1) is 0 Å². The van der Waals surface area contributed by atoms with Gasteiger partial charge in [0, 0.05) is 16.3 Å². The van der Waals surface area contributed by atoms with Gasteiger partial charge in [-0.3, -0.25) is 4.79 Å². The molecule has 5 rings (SSSR count). The fourth-order valence-corrected chi connectivity index (χ4v) is 4.32. The lowest BCUT2D eigenvalue weighted by molar-refractivity contribution is -0.118. The van der Waals surface area contributed by atoms with Gasteiger partial charge in [-0.05, 0) is 53.9 Å². The Labute approximate surface area is 202 Å². The fourth-order valence-electron chi connectivity index (χ4n) is 3.16. The molecule has 3 aromatic heterocycles. The van der Waals surface area contributed by atoms with Crippen molar-refractivity contribution in [1.29, 1.82) is 0 Å². The highest BCUT2D eigenvalue weighted by atomic mass is 35.5. The minimum absolute atomic E-state index is 0.180. The Hall–Kier alpha value is -3.46. The number of rotatable bonds is 6. The first-order valence-electron chi connectivity index (χ1n) is 9.81. The summed E-state index contributed by atoms with van der Waals surface area (Å²) < 4.78 is 7.20. The summed E-state index contributed by atoms with van der Waals surface area (Å²) in [5.74, 6) is 0.786. The van der Waals surface area contributed by atoms with Crippen LogP contribution in [0.25, 0.3) is 27.6 Å². The highest BCUT2D eigenvalue weighted by Gasteiger charge is 2.12. The predicted molar refractivity (Wildman–Crippen MR) is 130 cm³/mol. The molecular weight excluding hydrogens is 481 g/mol. The lowest BCUT2D eigenvalue weighted by Gasteiger charge is -2.09. The van der Waals surface area contributed by atoms with E-state index < -0.39 is 0 Å². The molecule has 2 aromatic carbocycles. The van der Waals surface area contributed by atoms with Gasteiger partial charge in [-0.1, -0.05) is 41.4 Å². The van der Waals surface area contributed by atoms with Crippen LogP contribution >= 0.6 is 34.5 Å². The van der Waals surface area contributed by atoms with Gasteiger partial charge in [-0.25, -0.2) is 0 Å². The summed E-state index contributed by atoms with van der Waals surface area (Å²) in [7, 11) is 0. The Morgan fingerprint density at radius 1 is 1.03 bits per heavy atom. The summed E-state index contributed by atoms with van der Waals surface area (Å²) in [5, 5.41) is 18.8. The molecule has 7 nitrogen and oxygen atoms in total. The van der Waals surface area contributed by atoms with E-state index in [0.29, 0.717) is 33.0 Å². The van der Waals surface area contributed by atoms with Crippen molar-refractivity contribution in [3.05, 3.63) is 82.2 Å². The molecule has 0 aliphatic carbocycles. The Morgan fingerprint density at radius 2 is 1.88 bits per heavy atom. The molecule has 0 bridgehead atoms. The highest BCUT2D eigenvalue weighted by Crippen LogP contribution is 2.28. The topological polar surface area (TPSA) is 81.4 Å². The molecule has 10 heteroatoms. The SMILES string of the molecule is O=C(COc1ccc(Cl)cc1Cl)Nc1ccc(-c2ccc3nnc(-c4cccs4)n3n2)cc1. The zero-order valence-electron chi connectivity index (χ0n) is 16.9. The third kappa shape index (κ3) is 4.68. The number of ether oxygens (including phenoxy) is 1. The lowest BCUT2D eigenvalue weighted by Crippen LogP contribution is -2.20. The smallest absolute Gasteiger partial charge is 0.262 e. The number of benzene rings is 2. The van der Waals surface area contributed by atoms with Crippen molar-refractivity contribution in [3.63, 3.8) is 0 Å². The zero-order chi connectivity index (χ0) is 22.8. The molecule has 3 heterocycles. The van der Waals surface area contributed by atoms with Gasteiger partial charge < -0.3 is 10.1 Å². The van der Waals surface area contributed by atoms with Gasteiger partial charge in [0.05, 0.1) is 15.6 Å². The number of thiophene rings is 1. The van der Waals surface area contributed by atoms with Crippen LogP contribution < -0.4 is 10.1 Å². The van der Waals surface area contributed by atoms with E-state index >= 15 is 0 Å². The van der Waals surface area contributed by atoms with Crippen LogP contribution in [-0.4, -0.2) is 32.3 Å². The number of nitrogens with zero attached hydrogens (tertiary/aromatic N) is 4. The molecule has 33 heavy (non-hydrogen) atoms. The minimum atomic E-state index is -0.307. The molecule has 164 valence electrons. The van der Waals surface area contributed by atoms with Crippen molar-refractivity contribution < 1.29 is 9.53 Å². The van der Waals surface area contributed by atoms with E-state index in [1.807, 2.05) is 41.8 Å². The number of nitrogens with one attached hydrogen (secondary N) is 1. The Morgan fingerprint density at radius 3 is 2.64 bits per heavy atom.